The van der Waals surface area contributed by atoms with E-state index < -0.39 is 0 Å². The summed E-state index contributed by atoms with van der Waals surface area (Å²) in [6.07, 6.45) is 2.82. The average molecular weight is 289 g/mol. The van der Waals surface area contributed by atoms with Gasteiger partial charge in [0.05, 0.1) is 6.54 Å². The molecule has 0 spiro atoms. The van der Waals surface area contributed by atoms with Crippen LogP contribution in [0, 0.1) is 6.92 Å². The molecule has 1 atom stereocenters. The van der Waals surface area contributed by atoms with Crippen molar-refractivity contribution in [1.29, 1.82) is 0 Å². The lowest BCUT2D eigenvalue weighted by Gasteiger charge is -2.16. The maximum atomic E-state index is 11.7. The number of hydrogen-bond donors (Lipinski definition) is 0. The molecule has 1 aliphatic rings. The number of aryl methyl sites for hydroxylation is 2. The molecule has 0 aromatic carbocycles. The van der Waals surface area contributed by atoms with Crippen molar-refractivity contribution in [3.05, 3.63) is 12.2 Å². The van der Waals surface area contributed by atoms with E-state index in [0.717, 1.165) is 24.4 Å². The third-order valence-electron chi connectivity index (χ3n) is 3.92. The molecule has 1 fully saturated rings. The molecular weight excluding hydrogens is 270 g/mol. The van der Waals surface area contributed by atoms with E-state index in [4.69, 9.17) is 4.74 Å². The van der Waals surface area contributed by atoms with E-state index in [-0.39, 0.29) is 12.0 Å². The summed E-state index contributed by atoms with van der Waals surface area (Å²) in [6.45, 7) is 5.15. The Morgan fingerprint density at radius 2 is 2.29 bits per heavy atom. The van der Waals surface area contributed by atoms with Crippen LogP contribution in [0.5, 0.6) is 5.88 Å². The molecule has 0 saturated carbocycles. The van der Waals surface area contributed by atoms with Gasteiger partial charge in [-0.25, -0.2) is 9.97 Å². The number of carbonyl (C=O) groups excluding carboxylic acids is 1. The number of fused-ring (bicyclic) bond motifs is 1. The van der Waals surface area contributed by atoms with Gasteiger partial charge in [0.2, 0.25) is 11.8 Å². The van der Waals surface area contributed by atoms with Crippen LogP contribution in [0.3, 0.4) is 0 Å². The molecule has 112 valence electrons. The molecule has 7 nitrogen and oxygen atoms in total. The summed E-state index contributed by atoms with van der Waals surface area (Å²) in [6, 6.07) is 0. The molecule has 0 aliphatic carbocycles. The Morgan fingerprint density at radius 3 is 3.05 bits per heavy atom. The van der Waals surface area contributed by atoms with E-state index >= 15 is 0 Å². The van der Waals surface area contributed by atoms with Crippen molar-refractivity contribution in [2.75, 3.05) is 13.1 Å². The number of nitrogens with zero attached hydrogens (tertiary/aromatic N) is 5. The van der Waals surface area contributed by atoms with Crippen molar-refractivity contribution in [1.82, 2.24) is 24.4 Å². The van der Waals surface area contributed by atoms with Crippen LogP contribution < -0.4 is 4.74 Å². The van der Waals surface area contributed by atoms with Gasteiger partial charge in [0.25, 0.3) is 0 Å². The summed E-state index contributed by atoms with van der Waals surface area (Å²) in [7, 11) is 1.92. The first-order chi connectivity index (χ1) is 10.1. The van der Waals surface area contributed by atoms with Crippen LogP contribution >= 0.6 is 0 Å². The van der Waals surface area contributed by atoms with Gasteiger partial charge in [0.1, 0.15) is 18.3 Å². The molecule has 21 heavy (non-hydrogen) atoms. The minimum absolute atomic E-state index is 0.0269. The highest BCUT2D eigenvalue weighted by Gasteiger charge is 2.28. The van der Waals surface area contributed by atoms with Gasteiger partial charge < -0.3 is 14.2 Å². The van der Waals surface area contributed by atoms with E-state index in [2.05, 4.69) is 15.0 Å². The maximum Gasteiger partial charge on any atom is 0.245 e. The van der Waals surface area contributed by atoms with E-state index in [1.165, 1.54) is 6.33 Å². The van der Waals surface area contributed by atoms with Gasteiger partial charge in [0, 0.05) is 26.4 Å². The first kappa shape index (κ1) is 13.8. The van der Waals surface area contributed by atoms with Gasteiger partial charge in [0.15, 0.2) is 11.2 Å². The van der Waals surface area contributed by atoms with Gasteiger partial charge in [-0.1, -0.05) is 6.92 Å². The van der Waals surface area contributed by atoms with E-state index in [0.29, 0.717) is 24.4 Å². The lowest BCUT2D eigenvalue weighted by atomic mass is 10.3. The molecule has 0 bridgehead atoms. The minimum Gasteiger partial charge on any atom is -0.471 e. The smallest absolute Gasteiger partial charge is 0.245 e. The molecule has 7 heteroatoms. The van der Waals surface area contributed by atoms with E-state index in [1.54, 1.807) is 0 Å². The number of likely N-dealkylation sites (tertiary alicyclic amines) is 1. The van der Waals surface area contributed by atoms with Crippen LogP contribution in [0.1, 0.15) is 25.6 Å². The van der Waals surface area contributed by atoms with Crippen molar-refractivity contribution >= 4 is 17.1 Å². The first-order valence-corrected chi connectivity index (χ1v) is 7.18. The fourth-order valence-corrected chi connectivity index (χ4v) is 2.61. The van der Waals surface area contributed by atoms with Crippen LogP contribution in [0.4, 0.5) is 0 Å². The molecule has 2 aromatic rings. The van der Waals surface area contributed by atoms with Gasteiger partial charge in [-0.3, -0.25) is 4.79 Å². The fraction of sp³-hybridized carbons (Fsp3) is 0.571. The summed E-state index contributed by atoms with van der Waals surface area (Å²) in [5, 5.41) is 0. The lowest BCUT2D eigenvalue weighted by molar-refractivity contribution is -0.130. The van der Waals surface area contributed by atoms with Crippen molar-refractivity contribution in [3.8, 4) is 5.88 Å². The predicted octanol–water partition coefficient (Wildman–Crippen LogP) is 1.06. The first-order valence-electron chi connectivity index (χ1n) is 7.18. The largest absolute Gasteiger partial charge is 0.471 e. The Morgan fingerprint density at radius 1 is 1.48 bits per heavy atom. The normalized spacial score (nSPS) is 18.4. The maximum absolute atomic E-state index is 11.7. The third-order valence-corrected chi connectivity index (χ3v) is 3.92. The summed E-state index contributed by atoms with van der Waals surface area (Å²) in [4.78, 5) is 26.4. The molecule has 3 rings (SSSR count). The Hall–Kier alpha value is -2.18. The van der Waals surface area contributed by atoms with Crippen LogP contribution in [0.15, 0.2) is 6.33 Å². The van der Waals surface area contributed by atoms with Crippen molar-refractivity contribution in [3.63, 3.8) is 0 Å². The number of amides is 1. The summed E-state index contributed by atoms with van der Waals surface area (Å²) >= 11 is 0. The number of aromatic nitrogens is 4. The summed E-state index contributed by atoms with van der Waals surface area (Å²) in [5.41, 5.74) is 1.44. The predicted molar refractivity (Wildman–Crippen MR) is 76.9 cm³/mol. The van der Waals surface area contributed by atoms with Crippen LogP contribution in [-0.2, 0) is 11.8 Å². The fourth-order valence-electron chi connectivity index (χ4n) is 2.61. The standard InChI is InChI=1S/C14H19N5O2/c1-4-11(20)19-6-5-10(7-19)21-14-12-13(15-8-16-14)18(3)9(2)17-12/h8,10H,4-7H2,1-3H3/t10-/m0/s1. The zero-order valence-electron chi connectivity index (χ0n) is 12.5. The number of carbonyl (C=O) groups is 1. The number of hydrogen-bond acceptors (Lipinski definition) is 5. The van der Waals surface area contributed by atoms with Crippen LogP contribution in [-0.4, -0.2) is 49.5 Å². The highest BCUT2D eigenvalue weighted by molar-refractivity contribution is 5.77. The van der Waals surface area contributed by atoms with E-state index in [1.807, 2.05) is 30.4 Å². The van der Waals surface area contributed by atoms with Gasteiger partial charge in [-0.05, 0) is 6.92 Å². The molecular formula is C14H19N5O2. The molecule has 0 N–H and O–H groups in total. The third kappa shape index (κ3) is 2.43. The quantitative estimate of drug-likeness (QED) is 0.845. The van der Waals surface area contributed by atoms with E-state index in [9.17, 15) is 4.79 Å². The molecule has 3 heterocycles. The minimum atomic E-state index is -0.0269. The van der Waals surface area contributed by atoms with Gasteiger partial charge in [-0.15, -0.1) is 0 Å². The number of ether oxygens (including phenoxy) is 1. The summed E-state index contributed by atoms with van der Waals surface area (Å²) in [5.74, 6) is 1.53. The Kier molecular flexibility index (Phi) is 3.48. The van der Waals surface area contributed by atoms with Gasteiger partial charge in [-0.2, -0.15) is 4.98 Å². The Balaban J connectivity index is 1.80. The van der Waals surface area contributed by atoms with Crippen molar-refractivity contribution < 1.29 is 9.53 Å². The second-order valence-electron chi connectivity index (χ2n) is 5.29. The van der Waals surface area contributed by atoms with Crippen molar-refractivity contribution in [2.24, 2.45) is 7.05 Å². The van der Waals surface area contributed by atoms with Gasteiger partial charge >= 0.3 is 0 Å². The second kappa shape index (κ2) is 5.31. The van der Waals surface area contributed by atoms with Crippen molar-refractivity contribution in [2.45, 2.75) is 32.8 Å². The molecule has 1 amide bonds. The Labute approximate surface area is 123 Å². The SMILES string of the molecule is CCC(=O)N1CC[C@H](Oc2ncnc3c2nc(C)n3C)C1. The number of rotatable bonds is 3. The topological polar surface area (TPSA) is 73.1 Å². The van der Waals surface area contributed by atoms with Crippen LogP contribution in [0.25, 0.3) is 11.2 Å². The second-order valence-corrected chi connectivity index (χ2v) is 5.29. The zero-order valence-corrected chi connectivity index (χ0v) is 12.5. The molecule has 2 aromatic heterocycles. The van der Waals surface area contributed by atoms with Crippen LogP contribution in [0.2, 0.25) is 0 Å². The zero-order chi connectivity index (χ0) is 15.0. The molecule has 1 aliphatic heterocycles. The molecule has 1 saturated heterocycles. The number of imidazole rings is 1. The monoisotopic (exact) mass is 289 g/mol. The molecule has 0 unspecified atom stereocenters. The molecule has 0 radical (unpaired) electrons. The average Bonchev–Trinajstić information content (AvgIpc) is 3.06. The highest BCUT2D eigenvalue weighted by atomic mass is 16.5. The highest BCUT2D eigenvalue weighted by Crippen LogP contribution is 2.24. The Bertz CT molecular complexity index is 681. The summed E-state index contributed by atoms with van der Waals surface area (Å²) < 4.78 is 7.87. The lowest BCUT2D eigenvalue weighted by Crippen LogP contribution is -2.30.